The number of sulfonamides is 1. The second-order valence-electron chi connectivity index (χ2n) is 11.6. The van der Waals surface area contributed by atoms with Crippen LogP contribution in [0, 0.1) is 11.8 Å². The third kappa shape index (κ3) is 9.14. The van der Waals surface area contributed by atoms with E-state index in [9.17, 15) is 31.2 Å². The van der Waals surface area contributed by atoms with Crippen molar-refractivity contribution >= 4 is 21.8 Å². The molecule has 2 aromatic carbocycles. The van der Waals surface area contributed by atoms with Gasteiger partial charge in [0, 0.05) is 43.7 Å². The van der Waals surface area contributed by atoms with Crippen molar-refractivity contribution in [3.63, 3.8) is 0 Å². The van der Waals surface area contributed by atoms with Crippen LogP contribution in [-0.4, -0.2) is 69.8 Å². The lowest BCUT2D eigenvalue weighted by Gasteiger charge is -2.32. The average Bonchev–Trinajstić information content (AvgIpc) is 3.46. The zero-order valence-corrected chi connectivity index (χ0v) is 25.1. The molecule has 0 spiro atoms. The predicted molar refractivity (Wildman–Crippen MR) is 158 cm³/mol. The molecule has 3 atom stereocenters. The van der Waals surface area contributed by atoms with E-state index in [1.165, 1.54) is 12.1 Å². The van der Waals surface area contributed by atoms with Crippen LogP contribution in [0.2, 0.25) is 0 Å². The van der Waals surface area contributed by atoms with Gasteiger partial charge >= 0.3 is 6.18 Å². The van der Waals surface area contributed by atoms with Crippen LogP contribution in [0.15, 0.2) is 60.5 Å². The van der Waals surface area contributed by atoms with Gasteiger partial charge in [-0.1, -0.05) is 30.8 Å². The summed E-state index contributed by atoms with van der Waals surface area (Å²) < 4.78 is 64.5. The molecule has 0 bridgehead atoms. The van der Waals surface area contributed by atoms with E-state index >= 15 is 0 Å². The van der Waals surface area contributed by atoms with Gasteiger partial charge in [0.15, 0.2) is 0 Å². The fourth-order valence-electron chi connectivity index (χ4n) is 5.83. The number of benzene rings is 2. The van der Waals surface area contributed by atoms with Crippen LogP contribution in [0.1, 0.15) is 58.6 Å². The maximum atomic E-state index is 13.5. The number of alkyl halides is 3. The lowest BCUT2D eigenvalue weighted by Crippen LogP contribution is -2.36. The summed E-state index contributed by atoms with van der Waals surface area (Å²) in [4.78, 5) is 30.6. The zero-order chi connectivity index (χ0) is 31.2. The molecule has 2 heterocycles. The van der Waals surface area contributed by atoms with E-state index < -0.39 is 27.7 Å². The van der Waals surface area contributed by atoms with Crippen molar-refractivity contribution in [2.45, 2.75) is 44.3 Å². The zero-order valence-electron chi connectivity index (χ0n) is 24.3. The molecule has 0 saturated carbocycles. The highest BCUT2D eigenvalue weighted by atomic mass is 32.2. The van der Waals surface area contributed by atoms with Crippen molar-refractivity contribution in [1.29, 1.82) is 0 Å². The van der Waals surface area contributed by atoms with Gasteiger partial charge in [-0.05, 0) is 86.5 Å². The number of nitrogens with one attached hydrogen (secondary N) is 2. The summed E-state index contributed by atoms with van der Waals surface area (Å²) in [5.74, 6) is -0.537. The molecular weight excluding hydrogens is 581 g/mol. The first-order valence-electron chi connectivity index (χ1n) is 14.5. The fraction of sp³-hybridized carbons (Fsp3) is 0.484. The van der Waals surface area contributed by atoms with Gasteiger partial charge in [-0.15, -0.1) is 0 Å². The molecule has 2 saturated heterocycles. The van der Waals surface area contributed by atoms with Crippen LogP contribution in [0.3, 0.4) is 0 Å². The van der Waals surface area contributed by atoms with Crippen LogP contribution in [0.5, 0.6) is 0 Å². The Morgan fingerprint density at radius 1 is 1.02 bits per heavy atom. The number of carbonyl (C=O) groups excluding carboxylic acids is 2. The van der Waals surface area contributed by atoms with Gasteiger partial charge in [0.05, 0.1) is 11.5 Å². The third-order valence-electron chi connectivity index (χ3n) is 8.28. The molecule has 4 rings (SSSR count). The molecule has 2 amide bonds. The molecule has 2 aliphatic rings. The normalized spacial score (nSPS) is 20.5. The number of halogens is 3. The molecule has 0 radical (unpaired) electrons. The van der Waals surface area contributed by atoms with Crippen molar-refractivity contribution in [2.75, 3.05) is 39.8 Å². The first-order chi connectivity index (χ1) is 20.3. The van der Waals surface area contributed by atoms with Gasteiger partial charge < -0.3 is 15.1 Å². The third-order valence-corrected chi connectivity index (χ3v) is 9.29. The summed E-state index contributed by atoms with van der Waals surface area (Å²) >= 11 is 0. The number of hydrogen-bond acceptors (Lipinski definition) is 5. The number of rotatable bonds is 11. The smallest absolute Gasteiger partial charge is 0.351 e. The number of nitrogens with zero attached hydrogens (tertiary/aromatic N) is 2. The Bertz CT molecular complexity index is 1380. The highest BCUT2D eigenvalue weighted by Gasteiger charge is 2.31. The van der Waals surface area contributed by atoms with Gasteiger partial charge in [0.25, 0.3) is 5.91 Å². The van der Waals surface area contributed by atoms with Crippen LogP contribution >= 0.6 is 0 Å². The Morgan fingerprint density at radius 3 is 2.35 bits per heavy atom. The molecule has 0 aliphatic carbocycles. The van der Waals surface area contributed by atoms with Gasteiger partial charge in [0.1, 0.15) is 0 Å². The maximum Gasteiger partial charge on any atom is 0.416 e. The summed E-state index contributed by atoms with van der Waals surface area (Å²) in [5, 5.41) is 3.77. The van der Waals surface area contributed by atoms with E-state index in [0.29, 0.717) is 43.0 Å². The van der Waals surface area contributed by atoms with E-state index in [1.807, 2.05) is 0 Å². The maximum absolute atomic E-state index is 13.5. The molecule has 234 valence electrons. The molecule has 2 aromatic rings. The van der Waals surface area contributed by atoms with Crippen molar-refractivity contribution in [1.82, 2.24) is 19.8 Å². The number of amides is 2. The topological polar surface area (TPSA) is 98.8 Å². The first kappa shape index (κ1) is 32.7. The second-order valence-corrected chi connectivity index (χ2v) is 13.3. The first-order valence-corrected chi connectivity index (χ1v) is 16.0. The van der Waals surface area contributed by atoms with Crippen LogP contribution < -0.4 is 10.0 Å². The monoisotopic (exact) mass is 620 g/mol. The van der Waals surface area contributed by atoms with Gasteiger partial charge in [-0.3, -0.25) is 9.59 Å². The molecule has 3 unspecified atom stereocenters. The standard InChI is InChI=1S/C31H39F3N4O4S/c1-3-43(41,42)36-19-24-14-16-38(21-24)30(40)26-10-8-25(9-11-26)28(17-23-5-4-15-37(2)20-23)29(39)35-18-22-6-12-27(13-7-22)31(32,33)34/h3,6-13,23-24,28,36H,1,4-5,14-21H2,2H3,(H,35,39). The predicted octanol–water partition coefficient (Wildman–Crippen LogP) is 4.36. The molecule has 2 N–H and O–H groups in total. The minimum Gasteiger partial charge on any atom is -0.351 e. The summed E-state index contributed by atoms with van der Waals surface area (Å²) in [5.41, 5.74) is 1.09. The lowest BCUT2D eigenvalue weighted by molar-refractivity contribution is -0.137. The largest absolute Gasteiger partial charge is 0.416 e. The number of piperidine rings is 1. The van der Waals surface area contributed by atoms with E-state index in [4.69, 9.17) is 0 Å². The quantitative estimate of drug-likeness (QED) is 0.389. The highest BCUT2D eigenvalue weighted by molar-refractivity contribution is 7.92. The van der Waals surface area contributed by atoms with Gasteiger partial charge in [-0.25, -0.2) is 13.1 Å². The Hall–Kier alpha value is -3.22. The van der Waals surface area contributed by atoms with Crippen LogP contribution in [0.4, 0.5) is 13.2 Å². The average molecular weight is 621 g/mol. The summed E-state index contributed by atoms with van der Waals surface area (Å²) in [7, 11) is -1.46. The van der Waals surface area contributed by atoms with Crippen molar-refractivity contribution in [3.05, 3.63) is 82.8 Å². The highest BCUT2D eigenvalue weighted by Crippen LogP contribution is 2.31. The van der Waals surface area contributed by atoms with Crippen LogP contribution in [0.25, 0.3) is 0 Å². The Labute approximate surface area is 251 Å². The van der Waals surface area contributed by atoms with Crippen molar-refractivity contribution in [2.24, 2.45) is 11.8 Å². The minimum absolute atomic E-state index is 0.00400. The van der Waals surface area contributed by atoms with E-state index in [1.54, 1.807) is 29.2 Å². The van der Waals surface area contributed by atoms with Crippen LogP contribution in [-0.2, 0) is 27.5 Å². The van der Waals surface area contributed by atoms with Gasteiger partial charge in [0.2, 0.25) is 15.9 Å². The summed E-state index contributed by atoms with van der Waals surface area (Å²) in [6.07, 6.45) is -1.08. The lowest BCUT2D eigenvalue weighted by atomic mass is 9.84. The molecular formula is C31H39F3N4O4S. The Morgan fingerprint density at radius 2 is 1.72 bits per heavy atom. The number of likely N-dealkylation sites (tertiary alicyclic amines) is 2. The Kier molecular flexibility index (Phi) is 10.7. The fourth-order valence-corrected chi connectivity index (χ4v) is 6.42. The van der Waals surface area contributed by atoms with Gasteiger partial charge in [-0.2, -0.15) is 13.2 Å². The molecule has 2 fully saturated rings. The number of hydrogen-bond donors (Lipinski definition) is 2. The second kappa shape index (κ2) is 14.0. The molecule has 2 aliphatic heterocycles. The summed E-state index contributed by atoms with van der Waals surface area (Å²) in [6.45, 7) is 6.46. The Balaban J connectivity index is 1.42. The number of carbonyl (C=O) groups is 2. The summed E-state index contributed by atoms with van der Waals surface area (Å²) in [6, 6.07) is 11.8. The molecule has 8 nitrogen and oxygen atoms in total. The van der Waals surface area contributed by atoms with E-state index in [0.717, 1.165) is 49.0 Å². The minimum atomic E-state index is -4.42. The molecule has 0 aromatic heterocycles. The van der Waals surface area contributed by atoms with Crippen molar-refractivity contribution < 1.29 is 31.2 Å². The molecule has 43 heavy (non-hydrogen) atoms. The molecule has 12 heteroatoms. The van der Waals surface area contributed by atoms with Crippen molar-refractivity contribution in [3.8, 4) is 0 Å². The van der Waals surface area contributed by atoms with E-state index in [-0.39, 0.29) is 30.8 Å². The SMILES string of the molecule is C=CS(=O)(=O)NCC1CCN(C(=O)c2ccc(C(CC3CCCN(C)C3)C(=O)NCc3ccc(C(F)(F)F)cc3)cc2)C1. The van der Waals surface area contributed by atoms with E-state index in [2.05, 4.69) is 28.6 Å².